The Balaban J connectivity index is 1.76. The SMILES string of the molecule is C=CCCCCCCOc1ccc(-c2cnc(OC)cn2)cc1. The summed E-state index contributed by atoms with van der Waals surface area (Å²) in [4.78, 5) is 8.49. The van der Waals surface area contributed by atoms with Gasteiger partial charge < -0.3 is 9.47 Å². The zero-order chi connectivity index (χ0) is 16.3. The summed E-state index contributed by atoms with van der Waals surface area (Å²) in [5, 5.41) is 0. The second kappa shape index (κ2) is 9.62. The monoisotopic (exact) mass is 312 g/mol. The number of methoxy groups -OCH3 is 1. The molecular weight excluding hydrogens is 288 g/mol. The van der Waals surface area contributed by atoms with Crippen molar-refractivity contribution in [3.63, 3.8) is 0 Å². The highest BCUT2D eigenvalue weighted by molar-refractivity contribution is 5.59. The van der Waals surface area contributed by atoms with Crippen molar-refractivity contribution in [2.75, 3.05) is 13.7 Å². The fraction of sp³-hybridized carbons (Fsp3) is 0.368. The van der Waals surface area contributed by atoms with Gasteiger partial charge in [0.2, 0.25) is 5.88 Å². The molecule has 2 rings (SSSR count). The van der Waals surface area contributed by atoms with Crippen LogP contribution < -0.4 is 9.47 Å². The largest absolute Gasteiger partial charge is 0.494 e. The van der Waals surface area contributed by atoms with Crippen molar-refractivity contribution in [1.82, 2.24) is 9.97 Å². The lowest BCUT2D eigenvalue weighted by atomic mass is 10.1. The minimum atomic E-state index is 0.516. The molecule has 0 bridgehead atoms. The fourth-order valence-corrected chi connectivity index (χ4v) is 2.23. The highest BCUT2D eigenvalue weighted by atomic mass is 16.5. The van der Waals surface area contributed by atoms with Crippen molar-refractivity contribution in [3.8, 4) is 22.9 Å². The maximum Gasteiger partial charge on any atom is 0.232 e. The van der Waals surface area contributed by atoms with Crippen LogP contribution in [0.15, 0.2) is 49.3 Å². The molecule has 0 aliphatic rings. The molecule has 4 heteroatoms. The molecule has 122 valence electrons. The second-order valence-corrected chi connectivity index (χ2v) is 5.31. The number of aromatic nitrogens is 2. The van der Waals surface area contributed by atoms with Crippen LogP contribution in [0.3, 0.4) is 0 Å². The molecule has 0 fully saturated rings. The summed E-state index contributed by atoms with van der Waals surface area (Å²) in [7, 11) is 1.58. The van der Waals surface area contributed by atoms with E-state index in [1.54, 1.807) is 19.5 Å². The number of benzene rings is 1. The molecule has 4 nitrogen and oxygen atoms in total. The van der Waals surface area contributed by atoms with Crippen LogP contribution in [0.4, 0.5) is 0 Å². The molecule has 0 atom stereocenters. The number of rotatable bonds is 10. The first-order valence-corrected chi connectivity index (χ1v) is 8.03. The van der Waals surface area contributed by atoms with Gasteiger partial charge in [-0.2, -0.15) is 0 Å². The van der Waals surface area contributed by atoms with Crippen molar-refractivity contribution in [2.45, 2.75) is 32.1 Å². The Hall–Kier alpha value is -2.36. The molecule has 0 spiro atoms. The van der Waals surface area contributed by atoms with Crippen molar-refractivity contribution in [2.24, 2.45) is 0 Å². The van der Waals surface area contributed by atoms with Gasteiger partial charge in [-0.05, 0) is 43.5 Å². The molecule has 0 amide bonds. The van der Waals surface area contributed by atoms with Crippen molar-refractivity contribution >= 4 is 0 Å². The summed E-state index contributed by atoms with van der Waals surface area (Å²) in [5.74, 6) is 1.41. The summed E-state index contributed by atoms with van der Waals surface area (Å²) >= 11 is 0. The smallest absolute Gasteiger partial charge is 0.232 e. The molecule has 1 aromatic heterocycles. The normalized spacial score (nSPS) is 10.3. The Morgan fingerprint density at radius 2 is 1.78 bits per heavy atom. The lowest BCUT2D eigenvalue weighted by Gasteiger charge is -2.07. The van der Waals surface area contributed by atoms with E-state index in [0.29, 0.717) is 5.88 Å². The number of ether oxygens (including phenoxy) is 2. The van der Waals surface area contributed by atoms with Crippen LogP contribution in [0.5, 0.6) is 11.6 Å². The average molecular weight is 312 g/mol. The van der Waals surface area contributed by atoms with Crippen molar-refractivity contribution in [3.05, 3.63) is 49.3 Å². The summed E-state index contributed by atoms with van der Waals surface area (Å²) in [6.45, 7) is 4.49. The first-order valence-electron chi connectivity index (χ1n) is 8.03. The molecule has 1 aromatic carbocycles. The van der Waals surface area contributed by atoms with Gasteiger partial charge in [-0.1, -0.05) is 18.9 Å². The summed E-state index contributed by atoms with van der Waals surface area (Å²) in [5.41, 5.74) is 1.83. The van der Waals surface area contributed by atoms with Crippen molar-refractivity contribution in [1.29, 1.82) is 0 Å². The van der Waals surface area contributed by atoms with Gasteiger partial charge in [0, 0.05) is 5.56 Å². The van der Waals surface area contributed by atoms with Crippen LogP contribution in [-0.2, 0) is 0 Å². The Morgan fingerprint density at radius 3 is 2.43 bits per heavy atom. The molecule has 0 N–H and O–H groups in total. The van der Waals surface area contributed by atoms with Crippen LogP contribution in [0.25, 0.3) is 11.3 Å². The molecule has 23 heavy (non-hydrogen) atoms. The molecule has 0 saturated heterocycles. The molecule has 0 unspecified atom stereocenters. The van der Waals surface area contributed by atoms with E-state index in [2.05, 4.69) is 16.5 Å². The highest BCUT2D eigenvalue weighted by Gasteiger charge is 2.02. The Kier molecular flexibility index (Phi) is 7.11. The van der Waals surface area contributed by atoms with Crippen LogP contribution >= 0.6 is 0 Å². The standard InChI is InChI=1S/C19H24N2O2/c1-3-4-5-6-7-8-13-23-17-11-9-16(10-12-17)18-14-21-19(22-2)15-20-18/h3,9-12,14-15H,1,4-8,13H2,2H3. The second-order valence-electron chi connectivity index (χ2n) is 5.31. The van der Waals surface area contributed by atoms with Gasteiger partial charge in [0.15, 0.2) is 0 Å². The zero-order valence-electron chi connectivity index (χ0n) is 13.7. The first-order chi connectivity index (χ1) is 11.3. The number of unbranched alkanes of at least 4 members (excludes halogenated alkanes) is 4. The minimum Gasteiger partial charge on any atom is -0.494 e. The number of hydrogen-bond donors (Lipinski definition) is 0. The average Bonchev–Trinajstić information content (AvgIpc) is 2.61. The van der Waals surface area contributed by atoms with E-state index < -0.39 is 0 Å². The summed E-state index contributed by atoms with van der Waals surface area (Å²) in [6, 6.07) is 7.93. The third-order valence-corrected chi connectivity index (χ3v) is 3.56. The lowest BCUT2D eigenvalue weighted by molar-refractivity contribution is 0.305. The minimum absolute atomic E-state index is 0.516. The first kappa shape index (κ1) is 17.0. The predicted molar refractivity (Wildman–Crippen MR) is 92.8 cm³/mol. The molecule has 0 aliphatic carbocycles. The maximum absolute atomic E-state index is 5.76. The number of nitrogens with zero attached hydrogens (tertiary/aromatic N) is 2. The predicted octanol–water partition coefficient (Wildman–Crippen LogP) is 4.67. The third-order valence-electron chi connectivity index (χ3n) is 3.56. The van der Waals surface area contributed by atoms with Crippen molar-refractivity contribution < 1.29 is 9.47 Å². The molecular formula is C19H24N2O2. The van der Waals surface area contributed by atoms with Crippen LogP contribution in [0, 0.1) is 0 Å². The van der Waals surface area contributed by atoms with E-state index in [1.807, 2.05) is 30.3 Å². The molecule has 2 aromatic rings. The van der Waals surface area contributed by atoms with E-state index in [9.17, 15) is 0 Å². The summed E-state index contributed by atoms with van der Waals surface area (Å²) < 4.78 is 10.8. The third kappa shape index (κ3) is 5.74. The van der Waals surface area contributed by atoms with Gasteiger partial charge in [0.05, 0.1) is 31.8 Å². The van der Waals surface area contributed by atoms with Gasteiger partial charge in [0.1, 0.15) is 5.75 Å². The van der Waals surface area contributed by atoms with Gasteiger partial charge in [-0.15, -0.1) is 6.58 Å². The van der Waals surface area contributed by atoms with Gasteiger partial charge in [-0.25, -0.2) is 9.97 Å². The summed E-state index contributed by atoms with van der Waals surface area (Å²) in [6.07, 6.45) is 11.2. The Bertz CT molecular complexity index is 579. The van der Waals surface area contributed by atoms with E-state index in [1.165, 1.54) is 19.3 Å². The lowest BCUT2D eigenvalue weighted by Crippen LogP contribution is -1.97. The van der Waals surface area contributed by atoms with Crippen LogP contribution in [0.1, 0.15) is 32.1 Å². The maximum atomic E-state index is 5.76. The molecule has 0 aliphatic heterocycles. The van der Waals surface area contributed by atoms with Crippen LogP contribution in [-0.4, -0.2) is 23.7 Å². The zero-order valence-corrected chi connectivity index (χ0v) is 13.7. The highest BCUT2D eigenvalue weighted by Crippen LogP contribution is 2.21. The van der Waals surface area contributed by atoms with Gasteiger partial charge in [-0.3, -0.25) is 0 Å². The topological polar surface area (TPSA) is 44.2 Å². The van der Waals surface area contributed by atoms with E-state index in [4.69, 9.17) is 9.47 Å². The Morgan fingerprint density at radius 1 is 1.00 bits per heavy atom. The van der Waals surface area contributed by atoms with E-state index in [-0.39, 0.29) is 0 Å². The molecule has 0 radical (unpaired) electrons. The Labute approximate surface area is 138 Å². The molecule has 0 saturated carbocycles. The van der Waals surface area contributed by atoms with Gasteiger partial charge in [0.25, 0.3) is 0 Å². The number of allylic oxidation sites excluding steroid dienone is 1. The molecule has 1 heterocycles. The number of hydrogen-bond acceptors (Lipinski definition) is 4. The van der Waals surface area contributed by atoms with Crippen LogP contribution in [0.2, 0.25) is 0 Å². The van der Waals surface area contributed by atoms with E-state index in [0.717, 1.165) is 36.5 Å². The quantitative estimate of drug-likeness (QED) is 0.472. The van der Waals surface area contributed by atoms with E-state index >= 15 is 0 Å². The van der Waals surface area contributed by atoms with Gasteiger partial charge >= 0.3 is 0 Å². The fourth-order valence-electron chi connectivity index (χ4n) is 2.23.